The monoisotopic (exact) mass is 261 g/mol. The highest BCUT2D eigenvalue weighted by Crippen LogP contribution is 2.26. The Balaban J connectivity index is 1.74. The number of benzene rings is 1. The molecule has 3 rings (SSSR count). The second kappa shape index (κ2) is 4.86. The van der Waals surface area contributed by atoms with Crippen LogP contribution in [0.3, 0.4) is 0 Å². The Morgan fingerprint density at radius 1 is 1.28 bits per heavy atom. The summed E-state index contributed by atoms with van der Waals surface area (Å²) in [6, 6.07) is 7.47. The lowest BCUT2D eigenvalue weighted by Crippen LogP contribution is -2.32. The van der Waals surface area contributed by atoms with Gasteiger partial charge in [0.15, 0.2) is 0 Å². The standard InChI is InChI=1S/C14H19N3S/c1-9-16-13-8-12(6-7-14(13)18-9)17-11-4-2-10(15)3-5-11/h6-8,10-11,17H,2-5,15H2,1H3. The lowest BCUT2D eigenvalue weighted by molar-refractivity contribution is 0.411. The van der Waals surface area contributed by atoms with Gasteiger partial charge in [0, 0.05) is 17.8 Å². The van der Waals surface area contributed by atoms with Crippen molar-refractivity contribution >= 4 is 27.2 Å². The predicted octanol–water partition coefficient (Wildman–Crippen LogP) is 3.29. The molecule has 4 heteroatoms. The van der Waals surface area contributed by atoms with Gasteiger partial charge in [0.05, 0.1) is 15.2 Å². The Labute approximate surface area is 111 Å². The molecule has 96 valence electrons. The number of thiazole rings is 1. The minimum atomic E-state index is 0.409. The largest absolute Gasteiger partial charge is 0.382 e. The van der Waals surface area contributed by atoms with Crippen LogP contribution in [0.4, 0.5) is 5.69 Å². The number of anilines is 1. The minimum Gasteiger partial charge on any atom is -0.382 e. The molecule has 1 heterocycles. The molecule has 3 nitrogen and oxygen atoms in total. The Morgan fingerprint density at radius 3 is 2.83 bits per heavy atom. The molecule has 2 aromatic rings. The first-order valence-electron chi connectivity index (χ1n) is 6.60. The molecule has 0 saturated heterocycles. The van der Waals surface area contributed by atoms with Crippen LogP contribution in [-0.4, -0.2) is 17.1 Å². The number of fused-ring (bicyclic) bond motifs is 1. The zero-order chi connectivity index (χ0) is 12.5. The molecule has 0 bridgehead atoms. The second-order valence-electron chi connectivity index (χ2n) is 5.17. The summed E-state index contributed by atoms with van der Waals surface area (Å²) in [7, 11) is 0. The fourth-order valence-electron chi connectivity index (χ4n) is 2.63. The van der Waals surface area contributed by atoms with Crippen LogP contribution in [-0.2, 0) is 0 Å². The molecule has 0 aliphatic heterocycles. The van der Waals surface area contributed by atoms with E-state index in [0.29, 0.717) is 12.1 Å². The first kappa shape index (κ1) is 11.9. The normalized spacial score (nSPS) is 24.3. The maximum atomic E-state index is 5.93. The Hall–Kier alpha value is -1.13. The fourth-order valence-corrected chi connectivity index (χ4v) is 3.44. The number of aryl methyl sites for hydroxylation is 1. The first-order valence-corrected chi connectivity index (χ1v) is 7.41. The van der Waals surface area contributed by atoms with E-state index in [2.05, 4.69) is 35.4 Å². The summed E-state index contributed by atoms with van der Waals surface area (Å²) in [5.41, 5.74) is 8.23. The Morgan fingerprint density at radius 2 is 2.06 bits per heavy atom. The molecule has 0 atom stereocenters. The smallest absolute Gasteiger partial charge is 0.0907 e. The molecule has 0 spiro atoms. The molecule has 3 N–H and O–H groups in total. The van der Waals surface area contributed by atoms with Gasteiger partial charge in [0.1, 0.15) is 0 Å². The highest BCUT2D eigenvalue weighted by molar-refractivity contribution is 7.18. The highest BCUT2D eigenvalue weighted by atomic mass is 32.1. The maximum Gasteiger partial charge on any atom is 0.0907 e. The molecule has 1 aromatic heterocycles. The van der Waals surface area contributed by atoms with E-state index >= 15 is 0 Å². The van der Waals surface area contributed by atoms with Crippen LogP contribution < -0.4 is 11.1 Å². The molecule has 0 unspecified atom stereocenters. The minimum absolute atomic E-state index is 0.409. The third-order valence-electron chi connectivity index (χ3n) is 3.64. The van der Waals surface area contributed by atoms with Crippen molar-refractivity contribution in [3.63, 3.8) is 0 Å². The van der Waals surface area contributed by atoms with Gasteiger partial charge in [0.2, 0.25) is 0 Å². The van der Waals surface area contributed by atoms with Crippen LogP contribution in [0, 0.1) is 6.92 Å². The van der Waals surface area contributed by atoms with Crippen molar-refractivity contribution in [3.8, 4) is 0 Å². The molecule has 18 heavy (non-hydrogen) atoms. The molecule has 1 fully saturated rings. The molecular formula is C14H19N3S. The Kier molecular flexibility index (Phi) is 3.22. The van der Waals surface area contributed by atoms with Crippen LogP contribution in [0.2, 0.25) is 0 Å². The third-order valence-corrected chi connectivity index (χ3v) is 4.59. The van der Waals surface area contributed by atoms with Crippen LogP contribution in [0.25, 0.3) is 10.2 Å². The van der Waals surface area contributed by atoms with Gasteiger partial charge in [-0.1, -0.05) is 0 Å². The molecule has 0 radical (unpaired) electrons. The zero-order valence-corrected chi connectivity index (χ0v) is 11.5. The molecule has 1 aromatic carbocycles. The van der Waals surface area contributed by atoms with E-state index in [9.17, 15) is 0 Å². The van der Waals surface area contributed by atoms with Gasteiger partial charge in [-0.15, -0.1) is 11.3 Å². The second-order valence-corrected chi connectivity index (χ2v) is 6.41. The summed E-state index contributed by atoms with van der Waals surface area (Å²) in [6.07, 6.45) is 4.62. The first-order chi connectivity index (χ1) is 8.70. The molecular weight excluding hydrogens is 242 g/mol. The summed E-state index contributed by atoms with van der Waals surface area (Å²) < 4.78 is 1.27. The van der Waals surface area contributed by atoms with Gasteiger partial charge in [-0.25, -0.2) is 4.98 Å². The van der Waals surface area contributed by atoms with Crippen molar-refractivity contribution in [1.29, 1.82) is 0 Å². The van der Waals surface area contributed by atoms with Gasteiger partial charge in [0.25, 0.3) is 0 Å². The highest BCUT2D eigenvalue weighted by Gasteiger charge is 2.18. The number of rotatable bonds is 2. The Bertz CT molecular complexity index is 541. The predicted molar refractivity (Wildman–Crippen MR) is 78.2 cm³/mol. The average Bonchev–Trinajstić information content (AvgIpc) is 2.71. The van der Waals surface area contributed by atoms with Crippen molar-refractivity contribution in [2.45, 2.75) is 44.7 Å². The summed E-state index contributed by atoms with van der Waals surface area (Å²) in [4.78, 5) is 4.54. The molecule has 0 amide bonds. The van der Waals surface area contributed by atoms with E-state index in [1.165, 1.54) is 23.2 Å². The van der Waals surface area contributed by atoms with Crippen LogP contribution in [0.15, 0.2) is 18.2 Å². The van der Waals surface area contributed by atoms with E-state index < -0.39 is 0 Å². The van der Waals surface area contributed by atoms with Crippen molar-refractivity contribution in [2.24, 2.45) is 5.73 Å². The van der Waals surface area contributed by atoms with E-state index in [-0.39, 0.29) is 0 Å². The quantitative estimate of drug-likeness (QED) is 0.872. The van der Waals surface area contributed by atoms with Crippen molar-refractivity contribution in [3.05, 3.63) is 23.2 Å². The van der Waals surface area contributed by atoms with E-state index in [1.54, 1.807) is 11.3 Å². The van der Waals surface area contributed by atoms with E-state index in [1.807, 2.05) is 0 Å². The van der Waals surface area contributed by atoms with Crippen molar-refractivity contribution in [2.75, 3.05) is 5.32 Å². The van der Waals surface area contributed by atoms with Gasteiger partial charge in [-0.05, 0) is 50.8 Å². The van der Waals surface area contributed by atoms with E-state index in [4.69, 9.17) is 5.73 Å². The topological polar surface area (TPSA) is 50.9 Å². The number of nitrogens with two attached hydrogens (primary N) is 1. The van der Waals surface area contributed by atoms with Crippen LogP contribution in [0.1, 0.15) is 30.7 Å². The van der Waals surface area contributed by atoms with Crippen molar-refractivity contribution < 1.29 is 0 Å². The van der Waals surface area contributed by atoms with Crippen LogP contribution >= 0.6 is 11.3 Å². The number of nitrogens with one attached hydrogen (secondary N) is 1. The molecule has 1 aliphatic rings. The number of aromatic nitrogens is 1. The lowest BCUT2D eigenvalue weighted by Gasteiger charge is -2.27. The number of hydrogen-bond donors (Lipinski definition) is 2. The van der Waals surface area contributed by atoms with Gasteiger partial charge >= 0.3 is 0 Å². The van der Waals surface area contributed by atoms with Crippen LogP contribution in [0.5, 0.6) is 0 Å². The van der Waals surface area contributed by atoms with Gasteiger partial charge in [-0.2, -0.15) is 0 Å². The average molecular weight is 261 g/mol. The van der Waals surface area contributed by atoms with Gasteiger partial charge < -0.3 is 11.1 Å². The summed E-state index contributed by atoms with van der Waals surface area (Å²) >= 11 is 1.75. The van der Waals surface area contributed by atoms with Crippen molar-refractivity contribution in [1.82, 2.24) is 4.98 Å². The number of hydrogen-bond acceptors (Lipinski definition) is 4. The maximum absolute atomic E-state index is 5.93. The fraction of sp³-hybridized carbons (Fsp3) is 0.500. The summed E-state index contributed by atoms with van der Waals surface area (Å²) in [5.74, 6) is 0. The molecule has 1 saturated carbocycles. The zero-order valence-electron chi connectivity index (χ0n) is 10.6. The van der Waals surface area contributed by atoms with Gasteiger partial charge in [-0.3, -0.25) is 0 Å². The van der Waals surface area contributed by atoms with E-state index in [0.717, 1.165) is 23.4 Å². The summed E-state index contributed by atoms with van der Waals surface area (Å²) in [6.45, 7) is 2.06. The lowest BCUT2D eigenvalue weighted by atomic mass is 9.92. The third kappa shape index (κ3) is 2.49. The SMILES string of the molecule is Cc1nc2cc(NC3CCC(N)CC3)ccc2s1. The number of nitrogens with zero attached hydrogens (tertiary/aromatic N) is 1. The summed E-state index contributed by atoms with van der Waals surface area (Å²) in [5, 5.41) is 4.74. The molecule has 1 aliphatic carbocycles.